The SMILES string of the molecule is CC[C@H](C)N1CCC2(CC1)C(=O)N(Cc1ccccn1)C(=O)N2CCCOC. The molecule has 0 aromatic carbocycles. The van der Waals surface area contributed by atoms with Crippen LogP contribution in [0.5, 0.6) is 0 Å². The van der Waals surface area contributed by atoms with Crippen LogP contribution in [0.25, 0.3) is 0 Å². The molecule has 0 radical (unpaired) electrons. The monoisotopic (exact) mass is 388 g/mol. The maximum absolute atomic E-state index is 13.5. The van der Waals surface area contributed by atoms with Gasteiger partial charge in [-0.3, -0.25) is 14.7 Å². The number of aromatic nitrogens is 1. The number of pyridine rings is 1. The Kier molecular flexibility index (Phi) is 6.67. The molecule has 0 N–H and O–H groups in total. The molecule has 3 heterocycles. The third-order valence-electron chi connectivity index (χ3n) is 6.24. The highest BCUT2D eigenvalue weighted by molar-refractivity contribution is 6.07. The van der Waals surface area contributed by atoms with Gasteiger partial charge >= 0.3 is 6.03 Å². The van der Waals surface area contributed by atoms with Crippen molar-refractivity contribution in [3.05, 3.63) is 30.1 Å². The van der Waals surface area contributed by atoms with E-state index in [4.69, 9.17) is 4.74 Å². The van der Waals surface area contributed by atoms with E-state index in [1.807, 2.05) is 23.1 Å². The third-order valence-corrected chi connectivity index (χ3v) is 6.24. The number of imide groups is 1. The molecule has 3 amide bonds. The molecule has 2 saturated heterocycles. The number of carbonyl (C=O) groups is 2. The molecule has 7 heteroatoms. The summed E-state index contributed by atoms with van der Waals surface area (Å²) in [6.45, 7) is 7.44. The minimum atomic E-state index is -0.719. The van der Waals surface area contributed by atoms with E-state index in [9.17, 15) is 9.59 Å². The number of hydrogen-bond acceptors (Lipinski definition) is 5. The van der Waals surface area contributed by atoms with Crippen molar-refractivity contribution in [1.29, 1.82) is 0 Å². The number of urea groups is 1. The van der Waals surface area contributed by atoms with Crippen molar-refractivity contribution in [3.63, 3.8) is 0 Å². The van der Waals surface area contributed by atoms with Gasteiger partial charge in [0.15, 0.2) is 0 Å². The molecule has 0 aliphatic carbocycles. The molecule has 7 nitrogen and oxygen atoms in total. The molecule has 28 heavy (non-hydrogen) atoms. The highest BCUT2D eigenvalue weighted by atomic mass is 16.5. The Morgan fingerprint density at radius 2 is 2.00 bits per heavy atom. The second-order valence-electron chi connectivity index (χ2n) is 7.82. The number of likely N-dealkylation sites (tertiary alicyclic amines) is 1. The van der Waals surface area contributed by atoms with Crippen LogP contribution in [0.2, 0.25) is 0 Å². The zero-order valence-electron chi connectivity index (χ0n) is 17.3. The van der Waals surface area contributed by atoms with Crippen LogP contribution in [-0.2, 0) is 16.1 Å². The van der Waals surface area contributed by atoms with Gasteiger partial charge in [-0.05, 0) is 44.7 Å². The molecular formula is C21H32N4O3. The summed E-state index contributed by atoms with van der Waals surface area (Å²) < 4.78 is 5.17. The average Bonchev–Trinajstić information content (AvgIpc) is 2.91. The quantitative estimate of drug-likeness (QED) is 0.506. The topological polar surface area (TPSA) is 66.0 Å². The molecule has 1 spiro atoms. The van der Waals surface area contributed by atoms with Gasteiger partial charge in [0.1, 0.15) is 5.54 Å². The predicted molar refractivity (Wildman–Crippen MR) is 107 cm³/mol. The van der Waals surface area contributed by atoms with Gasteiger partial charge in [0.2, 0.25) is 0 Å². The van der Waals surface area contributed by atoms with Crippen LogP contribution < -0.4 is 0 Å². The summed E-state index contributed by atoms with van der Waals surface area (Å²) in [6.07, 6.45) is 4.88. The molecule has 0 unspecified atom stereocenters. The molecule has 1 atom stereocenters. The Morgan fingerprint density at radius 1 is 1.25 bits per heavy atom. The fraction of sp³-hybridized carbons (Fsp3) is 0.667. The van der Waals surface area contributed by atoms with Crippen molar-refractivity contribution in [1.82, 2.24) is 19.7 Å². The van der Waals surface area contributed by atoms with Crippen LogP contribution in [0.1, 0.15) is 45.2 Å². The standard InChI is InChI=1S/C21H32N4O3/c1-4-17(2)23-13-9-21(10-14-23)19(26)24(16-18-8-5-6-11-22-18)20(27)25(21)12-7-15-28-3/h5-6,8,11,17H,4,7,9-10,12-16H2,1-3H3/t17-/m0/s1. The Morgan fingerprint density at radius 3 is 2.61 bits per heavy atom. The van der Waals surface area contributed by atoms with E-state index in [1.165, 1.54) is 4.90 Å². The highest BCUT2D eigenvalue weighted by Crippen LogP contribution is 2.38. The summed E-state index contributed by atoms with van der Waals surface area (Å²) in [7, 11) is 1.66. The molecule has 0 saturated carbocycles. The minimum Gasteiger partial charge on any atom is -0.385 e. The molecule has 0 bridgehead atoms. The van der Waals surface area contributed by atoms with Crippen molar-refractivity contribution >= 4 is 11.9 Å². The Hall–Kier alpha value is -1.99. The van der Waals surface area contributed by atoms with Crippen molar-refractivity contribution in [3.8, 4) is 0 Å². The molecule has 154 valence electrons. The summed E-state index contributed by atoms with van der Waals surface area (Å²) in [5.41, 5.74) is 0.0129. The van der Waals surface area contributed by atoms with Gasteiger partial charge in [0.25, 0.3) is 5.91 Å². The molecule has 2 aliphatic rings. The number of ether oxygens (including phenoxy) is 1. The van der Waals surface area contributed by atoms with Gasteiger partial charge in [0.05, 0.1) is 12.2 Å². The number of rotatable bonds is 8. The molecule has 1 aromatic heterocycles. The van der Waals surface area contributed by atoms with E-state index in [1.54, 1.807) is 13.3 Å². The Bertz CT molecular complexity index is 673. The molecule has 3 rings (SSSR count). The largest absolute Gasteiger partial charge is 0.385 e. The first-order chi connectivity index (χ1) is 13.5. The van der Waals surface area contributed by atoms with Crippen LogP contribution in [0.4, 0.5) is 4.79 Å². The predicted octanol–water partition coefficient (Wildman–Crippen LogP) is 2.52. The normalized spacial score (nSPS) is 21.0. The van der Waals surface area contributed by atoms with Gasteiger partial charge in [0, 0.05) is 45.6 Å². The Labute approximate surface area is 167 Å². The van der Waals surface area contributed by atoms with E-state index in [0.29, 0.717) is 32.0 Å². The third kappa shape index (κ3) is 3.91. The van der Waals surface area contributed by atoms with E-state index in [2.05, 4.69) is 23.7 Å². The highest BCUT2D eigenvalue weighted by Gasteiger charge is 2.57. The van der Waals surface area contributed by atoms with Crippen molar-refractivity contribution in [2.45, 2.75) is 57.7 Å². The van der Waals surface area contributed by atoms with Gasteiger partial charge in [-0.25, -0.2) is 4.79 Å². The van der Waals surface area contributed by atoms with Crippen LogP contribution >= 0.6 is 0 Å². The van der Waals surface area contributed by atoms with Crippen molar-refractivity contribution in [2.24, 2.45) is 0 Å². The van der Waals surface area contributed by atoms with Crippen LogP contribution in [0, 0.1) is 0 Å². The second-order valence-corrected chi connectivity index (χ2v) is 7.82. The van der Waals surface area contributed by atoms with E-state index in [0.717, 1.165) is 31.6 Å². The van der Waals surface area contributed by atoms with E-state index in [-0.39, 0.29) is 18.5 Å². The fourth-order valence-corrected chi connectivity index (χ4v) is 4.33. The zero-order chi connectivity index (χ0) is 20.1. The number of hydrogen-bond donors (Lipinski definition) is 0. The smallest absolute Gasteiger partial charge is 0.328 e. The first-order valence-corrected chi connectivity index (χ1v) is 10.3. The summed E-state index contributed by atoms with van der Waals surface area (Å²) in [5, 5.41) is 0. The van der Waals surface area contributed by atoms with Gasteiger partial charge in [-0.1, -0.05) is 13.0 Å². The van der Waals surface area contributed by atoms with Crippen molar-refractivity contribution in [2.75, 3.05) is 33.4 Å². The maximum Gasteiger partial charge on any atom is 0.328 e. The lowest BCUT2D eigenvalue weighted by atomic mass is 9.85. The van der Waals surface area contributed by atoms with Crippen LogP contribution in [-0.4, -0.2) is 76.6 Å². The Balaban J connectivity index is 1.81. The maximum atomic E-state index is 13.5. The fourth-order valence-electron chi connectivity index (χ4n) is 4.33. The number of amides is 3. The molecule has 1 aromatic rings. The number of methoxy groups -OCH3 is 1. The minimum absolute atomic E-state index is 0.0654. The summed E-state index contributed by atoms with van der Waals surface area (Å²) in [5.74, 6) is -0.0654. The lowest BCUT2D eigenvalue weighted by Crippen LogP contribution is -2.57. The molecule has 2 aliphatic heterocycles. The first kappa shape index (κ1) is 20.7. The summed E-state index contributed by atoms with van der Waals surface area (Å²) >= 11 is 0. The average molecular weight is 389 g/mol. The lowest BCUT2D eigenvalue weighted by Gasteiger charge is -2.44. The van der Waals surface area contributed by atoms with Gasteiger partial charge < -0.3 is 14.5 Å². The number of piperidine rings is 1. The summed E-state index contributed by atoms with van der Waals surface area (Å²) in [4.78, 5) is 36.6. The summed E-state index contributed by atoms with van der Waals surface area (Å²) in [6, 6.07) is 5.87. The van der Waals surface area contributed by atoms with Gasteiger partial charge in [-0.15, -0.1) is 0 Å². The molecule has 2 fully saturated rings. The van der Waals surface area contributed by atoms with Crippen molar-refractivity contribution < 1.29 is 14.3 Å². The van der Waals surface area contributed by atoms with E-state index < -0.39 is 5.54 Å². The number of nitrogens with zero attached hydrogens (tertiary/aromatic N) is 4. The first-order valence-electron chi connectivity index (χ1n) is 10.3. The lowest BCUT2D eigenvalue weighted by molar-refractivity contribution is -0.136. The van der Waals surface area contributed by atoms with Gasteiger partial charge in [-0.2, -0.15) is 0 Å². The zero-order valence-corrected chi connectivity index (χ0v) is 17.3. The molecular weight excluding hydrogens is 356 g/mol. The second kappa shape index (κ2) is 9.01. The van der Waals surface area contributed by atoms with Crippen LogP contribution in [0.15, 0.2) is 24.4 Å². The van der Waals surface area contributed by atoms with E-state index >= 15 is 0 Å². The van der Waals surface area contributed by atoms with Crippen LogP contribution in [0.3, 0.4) is 0 Å². The number of carbonyl (C=O) groups excluding carboxylic acids is 2.